The number of hydrogen-bond acceptors (Lipinski definition) is 8. The minimum absolute atomic E-state index is 0.0636. The Labute approximate surface area is 217 Å². The third kappa shape index (κ3) is 9.12. The first-order valence-electron chi connectivity index (χ1n) is 11.4. The largest absolute Gasteiger partial charge is 0.372 e. The normalized spacial score (nSPS) is 16.4. The van der Waals surface area contributed by atoms with Crippen LogP contribution in [0.2, 0.25) is 25.7 Å². The van der Waals surface area contributed by atoms with E-state index in [0.29, 0.717) is 32.9 Å². The molecule has 35 heavy (non-hydrogen) atoms. The highest BCUT2D eigenvalue weighted by molar-refractivity contribution is 9.10. The van der Waals surface area contributed by atoms with Crippen LogP contribution in [-0.2, 0) is 19.8 Å². The second-order valence-electron chi connectivity index (χ2n) is 10.6. The summed E-state index contributed by atoms with van der Waals surface area (Å²) in [6.07, 6.45) is 3.45. The molecule has 3 N–H and O–H groups in total. The van der Waals surface area contributed by atoms with Gasteiger partial charge in [0.05, 0.1) is 20.0 Å². The highest BCUT2D eigenvalue weighted by Gasteiger charge is 2.30. The minimum Gasteiger partial charge on any atom is -0.372 e. The van der Waals surface area contributed by atoms with Crippen LogP contribution < -0.4 is 10.6 Å². The molecule has 0 bridgehead atoms. The van der Waals surface area contributed by atoms with Gasteiger partial charge in [-0.3, -0.25) is 0 Å². The molecule has 2 aromatic rings. The number of benzene rings is 1. The number of halogens is 1. The average Bonchev–Trinajstić information content (AvgIpc) is 3.51. The first kappa shape index (κ1) is 28.0. The molecule has 1 fully saturated rings. The molecule has 1 heterocycles. The molecule has 1 saturated carbocycles. The Morgan fingerprint density at radius 2 is 1.80 bits per heavy atom. The molecule has 0 spiro atoms. The van der Waals surface area contributed by atoms with Gasteiger partial charge in [0.25, 0.3) is 10.0 Å². The maximum atomic E-state index is 13.8. The lowest BCUT2D eigenvalue weighted by Gasteiger charge is -2.21. The van der Waals surface area contributed by atoms with Crippen LogP contribution >= 0.6 is 15.9 Å². The van der Waals surface area contributed by atoms with Crippen LogP contribution in [0.5, 0.6) is 0 Å². The summed E-state index contributed by atoms with van der Waals surface area (Å²) in [4.78, 5) is 9.01. The quantitative estimate of drug-likeness (QED) is 0.240. The molecule has 0 aliphatic heterocycles. The summed E-state index contributed by atoms with van der Waals surface area (Å²) in [6.45, 7) is 9.52. The van der Waals surface area contributed by atoms with E-state index in [1.807, 2.05) is 0 Å². The number of nitrogens with zero attached hydrogens (tertiary/aromatic N) is 3. The van der Waals surface area contributed by atoms with Crippen LogP contribution in [0.25, 0.3) is 0 Å². The van der Waals surface area contributed by atoms with Crippen LogP contribution in [-0.4, -0.2) is 53.0 Å². The Kier molecular flexibility index (Phi) is 8.36. The summed E-state index contributed by atoms with van der Waals surface area (Å²) < 4.78 is 44.0. The van der Waals surface area contributed by atoms with Gasteiger partial charge in [-0.05, 0) is 78.8 Å². The maximum Gasteiger partial charge on any atom is 0.260 e. The fourth-order valence-electron chi connectivity index (χ4n) is 3.11. The lowest BCUT2D eigenvalue weighted by molar-refractivity contribution is 0.111. The Hall–Kier alpha value is -1.54. The van der Waals surface area contributed by atoms with E-state index in [9.17, 15) is 17.7 Å². The van der Waals surface area contributed by atoms with Crippen molar-refractivity contribution in [2.24, 2.45) is 9.69 Å². The zero-order chi connectivity index (χ0) is 26.1. The van der Waals surface area contributed by atoms with Crippen LogP contribution in [0.1, 0.15) is 26.7 Å². The third-order valence-corrected chi connectivity index (χ3v) is 12.4. The van der Waals surface area contributed by atoms with Crippen molar-refractivity contribution in [1.82, 2.24) is 9.97 Å². The van der Waals surface area contributed by atoms with Crippen molar-refractivity contribution < 1.29 is 17.7 Å². The monoisotopic (exact) mass is 603 g/mol. The number of aliphatic hydroxyl groups is 1. The molecule has 1 aromatic carbocycles. The first-order chi connectivity index (χ1) is 16.0. The molecule has 1 atom stereocenters. The first-order valence-corrected chi connectivity index (χ1v) is 19.2. The van der Waals surface area contributed by atoms with Crippen molar-refractivity contribution >= 4 is 61.2 Å². The van der Waals surface area contributed by atoms with Crippen molar-refractivity contribution in [3.8, 4) is 0 Å². The summed E-state index contributed by atoms with van der Waals surface area (Å²) in [5.74, 6) is 1.15. The smallest absolute Gasteiger partial charge is 0.260 e. The van der Waals surface area contributed by atoms with Crippen molar-refractivity contribution in [1.29, 1.82) is 0 Å². The molecule has 1 aliphatic rings. The Morgan fingerprint density at radius 3 is 2.34 bits per heavy atom. The molecule has 1 aliphatic carbocycles. The van der Waals surface area contributed by atoms with Gasteiger partial charge in [0.2, 0.25) is 5.95 Å². The highest BCUT2D eigenvalue weighted by atomic mass is 79.9. The molecule has 0 unspecified atom stereocenters. The van der Waals surface area contributed by atoms with Gasteiger partial charge in [0.1, 0.15) is 11.5 Å². The van der Waals surface area contributed by atoms with Gasteiger partial charge in [-0.1, -0.05) is 19.6 Å². The fraction of sp³-hybridized carbons (Fsp3) is 0.545. The molecular formula is C22H34BrN5O4S2Si. The SMILES string of the molecule is CC(C)(O)Nc1nc(Nc2ccc([S@](=O)(CC3CC3)=NS(=O)(=O)CC[Si](C)(C)C)cc2)ncc1Br. The van der Waals surface area contributed by atoms with Gasteiger partial charge < -0.3 is 15.7 Å². The molecule has 9 nitrogen and oxygen atoms in total. The summed E-state index contributed by atoms with van der Waals surface area (Å²) in [5.41, 5.74) is -0.531. The van der Waals surface area contributed by atoms with Gasteiger partial charge in [-0.25, -0.2) is 17.6 Å². The predicted octanol–water partition coefficient (Wildman–Crippen LogP) is 5.03. The van der Waals surface area contributed by atoms with E-state index in [1.165, 1.54) is 0 Å². The van der Waals surface area contributed by atoms with Crippen molar-refractivity contribution in [2.45, 2.75) is 63.0 Å². The van der Waals surface area contributed by atoms with Crippen molar-refractivity contribution in [3.63, 3.8) is 0 Å². The minimum atomic E-state index is -3.80. The summed E-state index contributed by atoms with van der Waals surface area (Å²) in [5, 5.41) is 16.0. The molecule has 3 rings (SSSR count). The van der Waals surface area contributed by atoms with E-state index in [0.717, 1.165) is 12.8 Å². The van der Waals surface area contributed by atoms with E-state index in [2.05, 4.69) is 59.9 Å². The summed E-state index contributed by atoms with van der Waals surface area (Å²) in [7, 11) is -8.49. The van der Waals surface area contributed by atoms with Crippen LogP contribution in [0, 0.1) is 5.92 Å². The van der Waals surface area contributed by atoms with Gasteiger partial charge in [0, 0.05) is 30.6 Å². The zero-order valence-corrected chi connectivity index (χ0v) is 24.9. The lowest BCUT2D eigenvalue weighted by Crippen LogP contribution is -2.30. The number of hydrogen-bond donors (Lipinski definition) is 3. The molecule has 194 valence electrons. The number of sulfonamides is 1. The van der Waals surface area contributed by atoms with Crippen LogP contribution in [0.4, 0.5) is 17.5 Å². The van der Waals surface area contributed by atoms with Gasteiger partial charge in [0.15, 0.2) is 0 Å². The van der Waals surface area contributed by atoms with E-state index < -0.39 is 33.6 Å². The Morgan fingerprint density at radius 1 is 1.17 bits per heavy atom. The van der Waals surface area contributed by atoms with E-state index in [-0.39, 0.29) is 17.4 Å². The zero-order valence-electron chi connectivity index (χ0n) is 20.7. The second kappa shape index (κ2) is 10.4. The Balaban J connectivity index is 1.84. The number of rotatable bonds is 11. The van der Waals surface area contributed by atoms with Crippen LogP contribution in [0.15, 0.2) is 43.6 Å². The van der Waals surface area contributed by atoms with Crippen molar-refractivity contribution in [2.75, 3.05) is 22.1 Å². The molecule has 0 radical (unpaired) electrons. The standard InChI is InChI=1S/C22H34BrN5O4S2Si/c1-22(2,29)27-20-19(23)14-24-21(26-20)25-17-8-10-18(11-9-17)33(30,15-16-6-7-16)28-34(31,32)12-13-35(3,4)5/h8-11,14,16,29H,6-7,12-13,15H2,1-5H3,(H2,24,25,26,27)/t33-/m1/s1. The fourth-order valence-corrected chi connectivity index (χ4v) is 11.0. The summed E-state index contributed by atoms with van der Waals surface area (Å²) in [6, 6.07) is 7.30. The molecular weight excluding hydrogens is 570 g/mol. The second-order valence-corrected chi connectivity index (χ2v) is 21.4. The van der Waals surface area contributed by atoms with E-state index in [1.54, 1.807) is 44.3 Å². The van der Waals surface area contributed by atoms with Gasteiger partial charge in [-0.2, -0.15) is 4.98 Å². The number of anilines is 3. The Bertz CT molecular complexity index is 1280. The average molecular weight is 605 g/mol. The van der Waals surface area contributed by atoms with E-state index >= 15 is 0 Å². The summed E-state index contributed by atoms with van der Waals surface area (Å²) >= 11 is 3.35. The molecule has 13 heteroatoms. The van der Waals surface area contributed by atoms with E-state index in [4.69, 9.17) is 0 Å². The third-order valence-electron chi connectivity index (χ3n) is 5.15. The van der Waals surface area contributed by atoms with Crippen molar-refractivity contribution in [3.05, 3.63) is 34.9 Å². The van der Waals surface area contributed by atoms with Gasteiger partial charge in [-0.15, -0.1) is 3.77 Å². The highest BCUT2D eigenvalue weighted by Crippen LogP contribution is 2.34. The number of nitrogens with one attached hydrogen (secondary N) is 2. The lowest BCUT2D eigenvalue weighted by atomic mass is 10.3. The maximum absolute atomic E-state index is 13.8. The van der Waals surface area contributed by atoms with Crippen LogP contribution in [0.3, 0.4) is 0 Å². The molecule has 0 amide bonds. The predicted molar refractivity (Wildman–Crippen MR) is 148 cm³/mol. The van der Waals surface area contributed by atoms with Gasteiger partial charge >= 0.3 is 0 Å². The molecule has 1 aromatic heterocycles. The number of aromatic nitrogens is 2. The topological polar surface area (TPSA) is 134 Å². The molecule has 0 saturated heterocycles.